The van der Waals surface area contributed by atoms with Crippen molar-refractivity contribution in [3.63, 3.8) is 0 Å². The number of aliphatic carboxylic acids is 1. The van der Waals surface area contributed by atoms with Crippen LogP contribution in [0, 0.1) is 46.3 Å². The van der Waals surface area contributed by atoms with Crippen LogP contribution in [-0.2, 0) is 4.79 Å². The number of quaternary nitrogens is 1. The minimum absolute atomic E-state index is 0. The van der Waals surface area contributed by atoms with Gasteiger partial charge in [0.05, 0.1) is 12.2 Å². The molecule has 0 aromatic rings. The molecule has 0 saturated heterocycles. The van der Waals surface area contributed by atoms with Gasteiger partial charge >= 0.3 is 0 Å². The number of aliphatic hydroxyl groups excluding tert-OH is 5. The Bertz CT molecular complexity index is 744. The Labute approximate surface area is 232 Å². The smallest absolute Gasteiger partial charge is 0.164 e. The first-order valence-electron chi connectivity index (χ1n) is 14.1. The zero-order valence-electron chi connectivity index (χ0n) is 24.1. The lowest BCUT2D eigenvalue weighted by Crippen LogP contribution is -2.78. The maximum absolute atomic E-state index is 11.5. The molecule has 4 fully saturated rings. The van der Waals surface area contributed by atoms with Crippen LogP contribution in [0.1, 0.15) is 85.0 Å². The molecular weight excluding hydrogens is 510 g/mol. The van der Waals surface area contributed by atoms with E-state index in [4.69, 9.17) is 15.3 Å². The molecule has 4 aliphatic carbocycles. The summed E-state index contributed by atoms with van der Waals surface area (Å²) in [6.07, 6.45) is 8.98. The molecule has 39 heavy (non-hydrogen) atoms. The van der Waals surface area contributed by atoms with Gasteiger partial charge in [0.15, 0.2) is 5.54 Å². The number of carbonyl (C=O) groups excluding carboxylic acids is 1. The summed E-state index contributed by atoms with van der Waals surface area (Å²) in [4.78, 5) is 10.9. The number of hydrogen-bond acceptors (Lipinski definition) is 7. The molecular formula is C28H57NO10. The molecule has 11 nitrogen and oxygen atoms in total. The molecule has 0 heterocycles. The van der Waals surface area contributed by atoms with Crippen LogP contribution in [0.5, 0.6) is 0 Å². The zero-order valence-corrected chi connectivity index (χ0v) is 24.1. The number of carboxylic acid groups (broad SMARTS) is 1. The lowest BCUT2D eigenvalue weighted by Gasteiger charge is -2.62. The Morgan fingerprint density at radius 2 is 1.54 bits per heavy atom. The molecule has 4 saturated carbocycles. The number of carbonyl (C=O) groups is 1. The molecule has 0 spiro atoms. The van der Waals surface area contributed by atoms with Gasteiger partial charge in [-0.05, 0) is 111 Å². The number of fused-ring (bicyclic) bond motifs is 5. The third-order valence-corrected chi connectivity index (χ3v) is 11.3. The molecule has 0 aromatic carbocycles. The normalized spacial score (nSPS) is 39.6. The molecule has 4 aliphatic rings. The molecule has 0 unspecified atom stereocenters. The minimum Gasteiger partial charge on any atom is -0.550 e. The highest BCUT2D eigenvalue weighted by Gasteiger charge is 2.63. The van der Waals surface area contributed by atoms with Gasteiger partial charge in [0, 0.05) is 5.97 Å². The third kappa shape index (κ3) is 7.31. The second kappa shape index (κ2) is 14.8. The van der Waals surface area contributed by atoms with Gasteiger partial charge in [0.1, 0.15) is 19.8 Å². The molecule has 234 valence electrons. The van der Waals surface area contributed by atoms with Crippen LogP contribution in [0.3, 0.4) is 0 Å². The standard InChI is InChI=1S/C24H40O4.C4H11NO3.3H2O/c1-14(4-9-22(27)28)18-7-8-19-17-6-5-15-12-16(25)10-11-23(15,2)20(17)13-21(26)24(18,19)3;5-4(1-6,2-7)3-8;;;/h14-21,25-26H,4-13H2,1-3H3,(H,27,28);6-8H,1-3,5H2;3*1H2/t14-,15-,16-,17+,18-,19+,20+,21+,23+,24-;;;;/m1..../s1. The highest BCUT2D eigenvalue weighted by atomic mass is 16.4. The average Bonchev–Trinajstić information content (AvgIpc) is 3.22. The predicted octanol–water partition coefficient (Wildman–Crippen LogP) is -2.39. The lowest BCUT2D eigenvalue weighted by atomic mass is 9.43. The lowest BCUT2D eigenvalue weighted by molar-refractivity contribution is -0.494. The molecule has 4 rings (SSSR count). The first kappa shape index (κ1) is 38.1. The van der Waals surface area contributed by atoms with E-state index in [9.17, 15) is 20.1 Å². The fourth-order valence-corrected chi connectivity index (χ4v) is 8.86. The van der Waals surface area contributed by atoms with Crippen LogP contribution in [0.4, 0.5) is 0 Å². The van der Waals surface area contributed by atoms with Gasteiger partial charge in [-0.3, -0.25) is 0 Å². The van der Waals surface area contributed by atoms with Gasteiger partial charge in [-0.15, -0.1) is 0 Å². The molecule has 0 bridgehead atoms. The second-order valence-electron chi connectivity index (χ2n) is 13.2. The van der Waals surface area contributed by atoms with Gasteiger partial charge in [-0.1, -0.05) is 20.8 Å². The van der Waals surface area contributed by atoms with Crippen molar-refractivity contribution in [1.82, 2.24) is 0 Å². The molecule has 0 amide bonds. The van der Waals surface area contributed by atoms with Crippen LogP contribution in [0.25, 0.3) is 0 Å². The van der Waals surface area contributed by atoms with E-state index in [0.29, 0.717) is 41.9 Å². The fraction of sp³-hybridized carbons (Fsp3) is 0.964. The van der Waals surface area contributed by atoms with E-state index in [2.05, 4.69) is 26.5 Å². The zero-order chi connectivity index (χ0) is 26.9. The van der Waals surface area contributed by atoms with Crippen LogP contribution in [0.15, 0.2) is 0 Å². The van der Waals surface area contributed by atoms with Crippen LogP contribution < -0.4 is 10.8 Å². The van der Waals surface area contributed by atoms with Crippen molar-refractivity contribution in [2.75, 3.05) is 19.8 Å². The van der Waals surface area contributed by atoms with Crippen LogP contribution in [-0.4, -0.2) is 85.5 Å². The summed E-state index contributed by atoms with van der Waals surface area (Å²) in [6, 6.07) is 0. The number of hydrogen-bond donors (Lipinski definition) is 6. The van der Waals surface area contributed by atoms with Crippen LogP contribution in [0.2, 0.25) is 0 Å². The van der Waals surface area contributed by atoms with E-state index in [1.165, 1.54) is 19.3 Å². The summed E-state index contributed by atoms with van der Waals surface area (Å²) in [5.41, 5.74) is 2.60. The summed E-state index contributed by atoms with van der Waals surface area (Å²) in [5, 5.41) is 57.8. The Hall–Kier alpha value is -0.890. The van der Waals surface area contributed by atoms with Crippen LogP contribution >= 0.6 is 0 Å². The van der Waals surface area contributed by atoms with E-state index in [1.54, 1.807) is 0 Å². The van der Waals surface area contributed by atoms with Gasteiger partial charge in [-0.25, -0.2) is 0 Å². The average molecular weight is 568 g/mol. The first-order chi connectivity index (χ1) is 16.9. The molecule has 0 aromatic heterocycles. The summed E-state index contributed by atoms with van der Waals surface area (Å²) < 4.78 is 0. The molecule has 10 atom stereocenters. The highest BCUT2D eigenvalue weighted by Crippen LogP contribution is 2.68. The number of carboxylic acids is 1. The van der Waals surface area contributed by atoms with E-state index in [-0.39, 0.29) is 65.7 Å². The fourth-order valence-electron chi connectivity index (χ4n) is 8.86. The molecule has 14 N–H and O–H groups in total. The Kier molecular flexibility index (Phi) is 14.5. The Morgan fingerprint density at radius 1 is 0.949 bits per heavy atom. The van der Waals surface area contributed by atoms with Gasteiger partial charge < -0.3 is 57.6 Å². The van der Waals surface area contributed by atoms with Crippen molar-refractivity contribution in [3.05, 3.63) is 0 Å². The first-order valence-corrected chi connectivity index (χ1v) is 14.1. The highest BCUT2D eigenvalue weighted by molar-refractivity contribution is 5.64. The summed E-state index contributed by atoms with van der Waals surface area (Å²) >= 11 is 0. The topological polar surface area (TPSA) is 263 Å². The largest absolute Gasteiger partial charge is 0.550 e. The van der Waals surface area contributed by atoms with Crippen molar-refractivity contribution in [2.45, 2.75) is 103 Å². The van der Waals surface area contributed by atoms with Gasteiger partial charge in [0.25, 0.3) is 0 Å². The van der Waals surface area contributed by atoms with E-state index < -0.39 is 11.5 Å². The summed E-state index contributed by atoms with van der Waals surface area (Å²) in [6.45, 7) is 6.07. The molecule has 0 aliphatic heterocycles. The monoisotopic (exact) mass is 567 g/mol. The number of aliphatic hydroxyl groups is 5. The van der Waals surface area contributed by atoms with E-state index in [0.717, 1.165) is 32.1 Å². The predicted molar refractivity (Wildman–Crippen MR) is 144 cm³/mol. The van der Waals surface area contributed by atoms with Crippen molar-refractivity contribution >= 4 is 5.97 Å². The van der Waals surface area contributed by atoms with E-state index in [1.807, 2.05) is 0 Å². The van der Waals surface area contributed by atoms with Crippen molar-refractivity contribution < 1.29 is 57.6 Å². The van der Waals surface area contributed by atoms with Crippen molar-refractivity contribution in [2.24, 2.45) is 46.3 Å². The van der Waals surface area contributed by atoms with E-state index >= 15 is 0 Å². The van der Waals surface area contributed by atoms with Gasteiger partial charge in [-0.2, -0.15) is 0 Å². The maximum atomic E-state index is 11.5. The second-order valence-corrected chi connectivity index (χ2v) is 13.2. The summed E-state index contributed by atoms with van der Waals surface area (Å²) in [7, 11) is 0. The van der Waals surface area contributed by atoms with Crippen molar-refractivity contribution in [1.29, 1.82) is 0 Å². The Balaban J connectivity index is 0.00000116. The summed E-state index contributed by atoms with van der Waals surface area (Å²) in [5.74, 6) is 2.19. The van der Waals surface area contributed by atoms with Gasteiger partial charge in [0.2, 0.25) is 0 Å². The number of rotatable bonds is 7. The van der Waals surface area contributed by atoms with Crippen molar-refractivity contribution in [3.8, 4) is 0 Å². The maximum Gasteiger partial charge on any atom is 0.164 e. The third-order valence-electron chi connectivity index (χ3n) is 11.3. The quantitative estimate of drug-likeness (QED) is 0.194. The molecule has 0 radical (unpaired) electrons. The molecule has 11 heteroatoms. The Morgan fingerprint density at radius 3 is 2.05 bits per heavy atom. The minimum atomic E-state index is -0.958. The SMILES string of the molecule is C[C@H](CCC(=O)[O-])[C@H]1CC[C@H]2[C@@H]3CC[C@@H]4C[C@H](O)CC[C@]4(C)[C@H]3C[C@H](O)[C@]12C.O.O.O.[NH3+]C(CO)(CO)CO.